The van der Waals surface area contributed by atoms with Gasteiger partial charge in [0.15, 0.2) is 6.23 Å². The number of benzene rings is 2. The molecule has 1 aliphatic heterocycles. The quantitative estimate of drug-likeness (QED) is 0.0899. The number of allylic oxidation sites excluding steroid dienone is 1. The largest absolute Gasteiger partial charge is 0.476 e. The minimum absolute atomic E-state index is 0.0393. The lowest BCUT2D eigenvalue weighted by atomic mass is 9.82. The van der Waals surface area contributed by atoms with Gasteiger partial charge < -0.3 is 19.7 Å². The number of carbonyl (C=O) groups excluding carboxylic acids is 1. The fraction of sp³-hybridized carbons (Fsp3) is 0.425. The number of fused-ring (bicyclic) bond motifs is 1. The number of likely N-dealkylation sites (N-methyl/N-ethyl adjacent to an activating group) is 1. The topological polar surface area (TPSA) is 81.5 Å². The fourth-order valence-electron chi connectivity index (χ4n) is 7.10. The van der Waals surface area contributed by atoms with E-state index >= 15 is 4.39 Å². The molecule has 0 radical (unpaired) electrons. The second-order valence-corrected chi connectivity index (χ2v) is 13.8. The summed E-state index contributed by atoms with van der Waals surface area (Å²) in [6, 6.07) is 16.8. The van der Waals surface area contributed by atoms with Gasteiger partial charge in [0.2, 0.25) is 17.7 Å². The van der Waals surface area contributed by atoms with E-state index in [4.69, 9.17) is 9.47 Å². The average Bonchev–Trinajstić information content (AvgIpc) is 3.48. The van der Waals surface area contributed by atoms with E-state index in [9.17, 15) is 18.0 Å². The lowest BCUT2D eigenvalue weighted by molar-refractivity contribution is -0.124. The number of hydrogen-bond donors (Lipinski definition) is 1. The minimum atomic E-state index is -4.53. The fourth-order valence-corrected chi connectivity index (χ4v) is 7.10. The number of amides is 1. The Morgan fingerprint density at radius 2 is 1.79 bits per heavy atom. The van der Waals surface area contributed by atoms with E-state index in [0.29, 0.717) is 54.3 Å². The van der Waals surface area contributed by atoms with Crippen molar-refractivity contribution in [3.8, 4) is 5.88 Å². The monoisotopic (exact) mass is 719 g/mol. The zero-order chi connectivity index (χ0) is 36.7. The molecule has 1 atom stereocenters. The van der Waals surface area contributed by atoms with Crippen LogP contribution in [0.1, 0.15) is 80.7 Å². The first-order chi connectivity index (χ1) is 25.0. The number of aromatic nitrogens is 3. The summed E-state index contributed by atoms with van der Waals surface area (Å²) in [4.78, 5) is 18.0. The predicted molar refractivity (Wildman–Crippen MR) is 193 cm³/mol. The first-order valence-electron chi connectivity index (χ1n) is 17.9. The second kappa shape index (κ2) is 16.4. The van der Waals surface area contributed by atoms with Crippen molar-refractivity contribution in [3.63, 3.8) is 0 Å². The maximum Gasteiger partial charge on any atom is 0.393 e. The van der Waals surface area contributed by atoms with Crippen LogP contribution in [0.15, 0.2) is 79.0 Å². The lowest BCUT2D eigenvalue weighted by Gasteiger charge is -2.37. The van der Waals surface area contributed by atoms with Crippen LogP contribution >= 0.6 is 0 Å². The Morgan fingerprint density at radius 3 is 2.46 bits per heavy atom. The zero-order valence-electron chi connectivity index (χ0n) is 29.6. The van der Waals surface area contributed by atoms with Gasteiger partial charge in [-0.15, -0.1) is 5.10 Å². The summed E-state index contributed by atoms with van der Waals surface area (Å²) in [6.45, 7) is 1.39. The molecule has 1 saturated carbocycles. The van der Waals surface area contributed by atoms with Crippen LogP contribution in [0.4, 0.5) is 17.6 Å². The molecule has 4 aromatic rings. The second-order valence-electron chi connectivity index (χ2n) is 13.8. The van der Waals surface area contributed by atoms with E-state index in [1.54, 1.807) is 80.8 Å². The highest BCUT2D eigenvalue weighted by atomic mass is 19.4. The molecule has 1 N–H and O–H groups in total. The Kier molecular flexibility index (Phi) is 11.7. The molecule has 12 heteroatoms. The molecule has 2 fully saturated rings. The molecular weight excluding hydrogens is 674 g/mol. The number of ether oxygens (including phenoxy) is 2. The molecule has 1 unspecified atom stereocenters. The molecule has 0 bridgehead atoms. The van der Waals surface area contributed by atoms with E-state index in [1.165, 1.54) is 15.8 Å². The highest BCUT2D eigenvalue weighted by Gasteiger charge is 2.34. The summed E-state index contributed by atoms with van der Waals surface area (Å²) in [5.41, 5.74) is 1.76. The van der Waals surface area contributed by atoms with Crippen LogP contribution in [0.25, 0.3) is 22.0 Å². The van der Waals surface area contributed by atoms with Crippen molar-refractivity contribution < 1.29 is 31.8 Å². The normalized spacial score (nSPS) is 18.4. The van der Waals surface area contributed by atoms with Crippen LogP contribution < -0.4 is 10.1 Å². The summed E-state index contributed by atoms with van der Waals surface area (Å²) in [7, 11) is 3.40. The van der Waals surface area contributed by atoms with Gasteiger partial charge >= 0.3 is 6.18 Å². The third-order valence-corrected chi connectivity index (χ3v) is 9.81. The minimum Gasteiger partial charge on any atom is -0.476 e. The highest BCUT2D eigenvalue weighted by molar-refractivity contribution is 6.00. The molecule has 8 nitrogen and oxygen atoms in total. The number of alkyl halides is 3. The van der Waals surface area contributed by atoms with Crippen molar-refractivity contribution in [2.45, 2.75) is 75.7 Å². The predicted octanol–water partition coefficient (Wildman–Crippen LogP) is 8.50. The Bertz CT molecular complexity index is 1870. The molecule has 2 aromatic heterocycles. The van der Waals surface area contributed by atoms with E-state index < -0.39 is 24.8 Å². The van der Waals surface area contributed by atoms with Crippen molar-refractivity contribution in [1.29, 1.82) is 0 Å². The van der Waals surface area contributed by atoms with Crippen molar-refractivity contribution in [2.24, 2.45) is 0 Å². The zero-order valence-corrected chi connectivity index (χ0v) is 29.6. The van der Waals surface area contributed by atoms with Gasteiger partial charge in [-0.3, -0.25) is 4.79 Å². The number of halogens is 4. The van der Waals surface area contributed by atoms with Crippen molar-refractivity contribution >= 4 is 28.0 Å². The van der Waals surface area contributed by atoms with E-state index in [1.807, 2.05) is 6.08 Å². The number of hydrogen-bond acceptors (Lipinski definition) is 6. The van der Waals surface area contributed by atoms with Gasteiger partial charge in [-0.25, -0.2) is 9.67 Å². The highest BCUT2D eigenvalue weighted by Crippen LogP contribution is 2.41. The Balaban J connectivity index is 1.33. The van der Waals surface area contributed by atoms with Gasteiger partial charge in [0, 0.05) is 51.1 Å². The van der Waals surface area contributed by atoms with E-state index in [2.05, 4.69) is 15.4 Å². The number of pyridine rings is 1. The first-order valence-corrected chi connectivity index (χ1v) is 17.9. The molecule has 3 heterocycles. The van der Waals surface area contributed by atoms with Gasteiger partial charge in [0.25, 0.3) is 0 Å². The Labute approximate surface area is 301 Å². The third kappa shape index (κ3) is 9.08. The van der Waals surface area contributed by atoms with Gasteiger partial charge in [-0.05, 0) is 72.6 Å². The summed E-state index contributed by atoms with van der Waals surface area (Å²) >= 11 is 0. The van der Waals surface area contributed by atoms with E-state index in [0.717, 1.165) is 44.9 Å². The average molecular weight is 720 g/mol. The number of rotatable bonds is 12. The molecule has 2 aromatic carbocycles. The van der Waals surface area contributed by atoms with Crippen LogP contribution in [0.3, 0.4) is 0 Å². The molecular formula is C40H45F4N5O3. The summed E-state index contributed by atoms with van der Waals surface area (Å²) in [5, 5.41) is 7.91. The summed E-state index contributed by atoms with van der Waals surface area (Å²) in [6.07, 6.45) is 6.27. The van der Waals surface area contributed by atoms with Crippen LogP contribution in [0.2, 0.25) is 0 Å². The molecule has 2 aliphatic rings. The molecule has 1 aliphatic carbocycles. The van der Waals surface area contributed by atoms with Crippen LogP contribution in [0.5, 0.6) is 5.88 Å². The third-order valence-electron chi connectivity index (χ3n) is 9.81. The van der Waals surface area contributed by atoms with Gasteiger partial charge in [0.1, 0.15) is 6.61 Å². The summed E-state index contributed by atoms with van der Waals surface area (Å²) < 4.78 is 71.9. The van der Waals surface area contributed by atoms with Gasteiger partial charge in [-0.1, -0.05) is 61.7 Å². The van der Waals surface area contributed by atoms with Crippen molar-refractivity contribution in [3.05, 3.63) is 102 Å². The molecule has 1 amide bonds. The molecule has 276 valence electrons. The Morgan fingerprint density at radius 1 is 1.02 bits per heavy atom. The smallest absolute Gasteiger partial charge is 0.393 e. The molecule has 0 spiro atoms. The van der Waals surface area contributed by atoms with Crippen LogP contribution in [0, 0.1) is 5.95 Å². The standard InChI is InChI=1S/C40H45F4N5O3/c1-48(2)35(50)14-11-22-46-39(20-8-4-9-21-39)27-52-34-19-17-30(26-45-34)37(32(25-40(42,43)44)28-12-5-3-6-13-28)29-16-18-33-31(24-29)38(41)47-49(33)36-15-7-10-23-51-36/h3,5-6,11-14,16-19,24,26,36,46H,4,7-10,15,20-23,25,27H2,1-2H3/b14-11+,37-32-. The maximum absolute atomic E-state index is 15.5. The van der Waals surface area contributed by atoms with Crippen LogP contribution in [-0.2, 0) is 9.53 Å². The number of nitrogens with zero attached hydrogens (tertiary/aromatic N) is 4. The SMILES string of the molecule is CN(C)C(=O)/C=C/CNC1(COc2ccc(/C(=C(/CC(F)(F)F)c3ccccc3)c3ccc4c(c3)c(F)nn4C3CCCCO3)cn2)CCCCC1. The van der Waals surface area contributed by atoms with Crippen molar-refractivity contribution in [1.82, 2.24) is 25.0 Å². The maximum atomic E-state index is 15.5. The first kappa shape index (κ1) is 37.2. The van der Waals surface area contributed by atoms with Crippen molar-refractivity contribution in [2.75, 3.05) is 33.9 Å². The molecule has 52 heavy (non-hydrogen) atoms. The number of carbonyl (C=O) groups is 1. The van der Waals surface area contributed by atoms with Gasteiger partial charge in [-0.2, -0.15) is 17.6 Å². The van der Waals surface area contributed by atoms with Crippen LogP contribution in [-0.4, -0.2) is 71.1 Å². The van der Waals surface area contributed by atoms with E-state index in [-0.39, 0.29) is 28.0 Å². The molecule has 1 saturated heterocycles. The molecule has 6 rings (SSSR count). The Hall–Kier alpha value is -4.55. The number of nitrogens with one attached hydrogen (secondary N) is 1. The van der Waals surface area contributed by atoms with Gasteiger partial charge in [0.05, 0.1) is 22.9 Å². The summed E-state index contributed by atoms with van der Waals surface area (Å²) in [5.74, 6) is -0.469. The lowest BCUT2D eigenvalue weighted by Crippen LogP contribution is -2.51.